The van der Waals surface area contributed by atoms with E-state index in [0.717, 1.165) is 27.5 Å². The van der Waals surface area contributed by atoms with Crippen molar-refractivity contribution in [1.29, 1.82) is 0 Å². The second-order valence-corrected chi connectivity index (χ2v) is 5.62. The number of nitrogens with zero attached hydrogens (tertiary/aromatic N) is 1. The van der Waals surface area contributed by atoms with Gasteiger partial charge in [-0.25, -0.2) is 0 Å². The molecule has 0 aromatic heterocycles. The zero-order valence-corrected chi connectivity index (χ0v) is 12.9. The molecule has 0 radical (unpaired) electrons. The third-order valence-corrected chi connectivity index (χ3v) is 3.90. The highest BCUT2D eigenvalue weighted by Gasteiger charge is 2.13. The van der Waals surface area contributed by atoms with E-state index in [1.807, 2.05) is 73.7 Å². The van der Waals surface area contributed by atoms with Crippen LogP contribution in [0.2, 0.25) is 0 Å². The lowest BCUT2D eigenvalue weighted by Gasteiger charge is -2.05. The van der Waals surface area contributed by atoms with Gasteiger partial charge in [0.1, 0.15) is 0 Å². The number of allylic oxidation sites excluding steroid dienone is 1. The van der Waals surface area contributed by atoms with Crippen LogP contribution in [-0.2, 0) is 6.42 Å². The summed E-state index contributed by atoms with van der Waals surface area (Å²) in [7, 11) is 0. The van der Waals surface area contributed by atoms with Gasteiger partial charge in [-0.2, -0.15) is 0 Å². The molecule has 0 atom stereocenters. The molecular weight excluding hydrogens is 286 g/mol. The molecule has 3 rings (SSSR count). The van der Waals surface area contributed by atoms with Gasteiger partial charge < -0.3 is 0 Å². The molecule has 0 heterocycles. The first-order valence-electron chi connectivity index (χ1n) is 7.52. The van der Waals surface area contributed by atoms with Crippen molar-refractivity contribution in [2.75, 3.05) is 0 Å². The molecular formula is C20H17NO2. The van der Waals surface area contributed by atoms with Gasteiger partial charge in [0, 0.05) is 6.08 Å². The Balaban J connectivity index is 1.99. The van der Waals surface area contributed by atoms with Gasteiger partial charge in [-0.05, 0) is 28.8 Å². The molecule has 0 saturated carbocycles. The van der Waals surface area contributed by atoms with Crippen molar-refractivity contribution in [2.24, 2.45) is 0 Å². The third kappa shape index (κ3) is 3.46. The van der Waals surface area contributed by atoms with E-state index in [-0.39, 0.29) is 10.6 Å². The maximum Gasteiger partial charge on any atom is 0.251 e. The van der Waals surface area contributed by atoms with E-state index in [1.165, 1.54) is 0 Å². The van der Waals surface area contributed by atoms with Gasteiger partial charge in [0.2, 0.25) is 0 Å². The Morgan fingerprint density at radius 2 is 1.70 bits per heavy atom. The predicted molar refractivity (Wildman–Crippen MR) is 93.8 cm³/mol. The Kier molecular flexibility index (Phi) is 4.20. The zero-order chi connectivity index (χ0) is 16.2. The van der Waals surface area contributed by atoms with Crippen LogP contribution in [0.5, 0.6) is 0 Å². The first-order valence-corrected chi connectivity index (χ1v) is 7.52. The Morgan fingerprint density at radius 1 is 1.00 bits per heavy atom. The van der Waals surface area contributed by atoms with Gasteiger partial charge in [-0.15, -0.1) is 0 Å². The monoisotopic (exact) mass is 303 g/mol. The highest BCUT2D eigenvalue weighted by atomic mass is 16.6. The summed E-state index contributed by atoms with van der Waals surface area (Å²) < 4.78 is 0. The molecule has 23 heavy (non-hydrogen) atoms. The highest BCUT2D eigenvalue weighted by Crippen LogP contribution is 2.22. The van der Waals surface area contributed by atoms with Crippen molar-refractivity contribution in [2.45, 2.75) is 13.3 Å². The molecule has 3 nitrogen and oxygen atoms in total. The maximum atomic E-state index is 11.4. The number of benzene rings is 3. The van der Waals surface area contributed by atoms with Crippen molar-refractivity contribution in [3.8, 4) is 0 Å². The van der Waals surface area contributed by atoms with E-state index in [0.29, 0.717) is 6.42 Å². The molecule has 3 heteroatoms. The fourth-order valence-corrected chi connectivity index (χ4v) is 2.67. The zero-order valence-electron chi connectivity index (χ0n) is 12.9. The van der Waals surface area contributed by atoms with Gasteiger partial charge in [-0.1, -0.05) is 72.3 Å². The molecule has 0 saturated heterocycles. The molecule has 114 valence electrons. The SMILES string of the molecule is Cc1ccc(/C=C(\Cc2cccc3ccccc23)[N+](=O)[O-])cc1. The standard InChI is InChI=1S/C20H17NO2/c1-15-9-11-16(12-10-15)13-19(21(22)23)14-18-7-4-6-17-5-2-3-8-20(17)18/h2-13H,14H2,1H3/b19-13+. The normalized spacial score (nSPS) is 11.6. The number of fused-ring (bicyclic) bond motifs is 1. The molecule has 3 aromatic rings. The van der Waals surface area contributed by atoms with E-state index in [9.17, 15) is 10.1 Å². The van der Waals surface area contributed by atoms with Crippen molar-refractivity contribution in [3.63, 3.8) is 0 Å². The van der Waals surface area contributed by atoms with Crippen LogP contribution >= 0.6 is 0 Å². The van der Waals surface area contributed by atoms with E-state index in [4.69, 9.17) is 0 Å². The van der Waals surface area contributed by atoms with Crippen molar-refractivity contribution in [1.82, 2.24) is 0 Å². The largest absolute Gasteiger partial charge is 0.259 e. The van der Waals surface area contributed by atoms with E-state index >= 15 is 0 Å². The second-order valence-electron chi connectivity index (χ2n) is 5.62. The van der Waals surface area contributed by atoms with E-state index in [1.54, 1.807) is 6.08 Å². The number of nitro groups is 1. The summed E-state index contributed by atoms with van der Waals surface area (Å²) in [5.74, 6) is 0. The summed E-state index contributed by atoms with van der Waals surface area (Å²) in [5.41, 5.74) is 3.16. The molecule has 0 aliphatic heterocycles. The Labute approximate surface area is 135 Å². The third-order valence-electron chi connectivity index (χ3n) is 3.90. The van der Waals surface area contributed by atoms with Crippen LogP contribution in [0.3, 0.4) is 0 Å². The lowest BCUT2D eigenvalue weighted by atomic mass is 10.00. The molecule has 0 unspecified atom stereocenters. The first kappa shape index (κ1) is 15.0. The highest BCUT2D eigenvalue weighted by molar-refractivity contribution is 5.86. The predicted octanol–water partition coefficient (Wildman–Crippen LogP) is 5.01. The second kappa shape index (κ2) is 6.44. The topological polar surface area (TPSA) is 43.1 Å². The van der Waals surface area contributed by atoms with Gasteiger partial charge in [0.15, 0.2) is 0 Å². The van der Waals surface area contributed by atoms with Crippen LogP contribution < -0.4 is 0 Å². The van der Waals surface area contributed by atoms with Crippen LogP contribution in [-0.4, -0.2) is 4.92 Å². The van der Waals surface area contributed by atoms with Gasteiger partial charge in [0.25, 0.3) is 5.70 Å². The lowest BCUT2D eigenvalue weighted by Crippen LogP contribution is -2.03. The van der Waals surface area contributed by atoms with Gasteiger partial charge in [0.05, 0.1) is 11.3 Å². The number of hydrogen-bond acceptors (Lipinski definition) is 2. The van der Waals surface area contributed by atoms with Crippen molar-refractivity contribution in [3.05, 3.63) is 99.2 Å². The van der Waals surface area contributed by atoms with Crippen LogP contribution in [0, 0.1) is 17.0 Å². The molecule has 0 aliphatic rings. The summed E-state index contributed by atoms with van der Waals surface area (Å²) in [6.07, 6.45) is 1.96. The van der Waals surface area contributed by atoms with Crippen LogP contribution in [0.25, 0.3) is 16.8 Å². The molecule has 0 fully saturated rings. The molecule has 0 spiro atoms. The molecule has 0 amide bonds. The average molecular weight is 303 g/mol. The fourth-order valence-electron chi connectivity index (χ4n) is 2.67. The summed E-state index contributed by atoms with van der Waals surface area (Å²) in [5, 5.41) is 13.6. The Bertz CT molecular complexity index is 874. The minimum absolute atomic E-state index is 0.199. The van der Waals surface area contributed by atoms with Crippen molar-refractivity contribution < 1.29 is 4.92 Å². The summed E-state index contributed by atoms with van der Waals surface area (Å²) in [4.78, 5) is 11.2. The maximum absolute atomic E-state index is 11.4. The molecule has 0 aliphatic carbocycles. The van der Waals surface area contributed by atoms with Crippen LogP contribution in [0.4, 0.5) is 0 Å². The Morgan fingerprint density at radius 3 is 2.43 bits per heavy atom. The minimum atomic E-state index is -0.290. The Hall–Kier alpha value is -2.94. The van der Waals surface area contributed by atoms with Crippen molar-refractivity contribution >= 4 is 16.8 Å². The van der Waals surface area contributed by atoms with E-state index in [2.05, 4.69) is 0 Å². The number of rotatable bonds is 4. The number of hydrogen-bond donors (Lipinski definition) is 0. The summed E-state index contributed by atoms with van der Waals surface area (Å²) >= 11 is 0. The molecule has 0 bridgehead atoms. The first-order chi connectivity index (χ1) is 11.1. The average Bonchev–Trinajstić information content (AvgIpc) is 2.56. The molecule has 0 N–H and O–H groups in total. The summed E-state index contributed by atoms with van der Waals surface area (Å²) in [6, 6.07) is 21.6. The quantitative estimate of drug-likeness (QED) is 0.502. The molecule has 3 aromatic carbocycles. The smallest absolute Gasteiger partial charge is 0.251 e. The minimum Gasteiger partial charge on any atom is -0.259 e. The van der Waals surface area contributed by atoms with Crippen LogP contribution in [0.15, 0.2) is 72.4 Å². The fraction of sp³-hybridized carbons (Fsp3) is 0.100. The van der Waals surface area contributed by atoms with Gasteiger partial charge >= 0.3 is 0 Å². The number of aryl methyl sites for hydroxylation is 1. The lowest BCUT2D eigenvalue weighted by molar-refractivity contribution is -0.425. The van der Waals surface area contributed by atoms with Gasteiger partial charge in [-0.3, -0.25) is 10.1 Å². The summed E-state index contributed by atoms with van der Waals surface area (Å²) in [6.45, 7) is 2.00. The van der Waals surface area contributed by atoms with Crippen LogP contribution in [0.1, 0.15) is 16.7 Å². The van der Waals surface area contributed by atoms with E-state index < -0.39 is 0 Å².